The Balaban J connectivity index is 1.98. The van der Waals surface area contributed by atoms with Crippen molar-refractivity contribution in [2.24, 2.45) is 0 Å². The summed E-state index contributed by atoms with van der Waals surface area (Å²) in [6.07, 6.45) is 8.55. The van der Waals surface area contributed by atoms with Gasteiger partial charge in [0.2, 0.25) is 0 Å². The molecule has 3 rings (SSSR count). The van der Waals surface area contributed by atoms with Gasteiger partial charge in [-0.05, 0) is 12.2 Å². The van der Waals surface area contributed by atoms with E-state index in [2.05, 4.69) is 10.3 Å². The van der Waals surface area contributed by atoms with Crippen molar-refractivity contribution in [3.63, 3.8) is 0 Å². The van der Waals surface area contributed by atoms with Crippen LogP contribution in [0.5, 0.6) is 0 Å². The third-order valence-corrected chi connectivity index (χ3v) is 3.79. The van der Waals surface area contributed by atoms with E-state index in [-0.39, 0.29) is 18.8 Å². The fourth-order valence-corrected chi connectivity index (χ4v) is 2.57. The van der Waals surface area contributed by atoms with Crippen LogP contribution in [0.15, 0.2) is 41.5 Å². The van der Waals surface area contributed by atoms with E-state index in [0.717, 1.165) is 0 Å². The predicted molar refractivity (Wildman–Crippen MR) is 83.9 cm³/mol. The van der Waals surface area contributed by atoms with Crippen molar-refractivity contribution >= 4 is 11.5 Å². The van der Waals surface area contributed by atoms with E-state index >= 15 is 0 Å². The van der Waals surface area contributed by atoms with Gasteiger partial charge in [-0.15, -0.1) is 0 Å². The van der Waals surface area contributed by atoms with Crippen molar-refractivity contribution in [1.82, 2.24) is 14.9 Å². The van der Waals surface area contributed by atoms with Crippen LogP contribution in [0.25, 0.3) is 5.70 Å². The minimum Gasteiger partial charge on any atom is -0.394 e. The van der Waals surface area contributed by atoms with E-state index in [4.69, 9.17) is 15.6 Å². The first kappa shape index (κ1) is 15.5. The van der Waals surface area contributed by atoms with E-state index in [0.29, 0.717) is 11.3 Å². The van der Waals surface area contributed by atoms with E-state index in [1.165, 1.54) is 4.57 Å². The molecule has 0 unspecified atom stereocenters. The lowest BCUT2D eigenvalue weighted by molar-refractivity contribution is -0.0458. The summed E-state index contributed by atoms with van der Waals surface area (Å²) in [5.41, 5.74) is 6.53. The van der Waals surface area contributed by atoms with Crippen LogP contribution in [-0.4, -0.2) is 38.6 Å². The van der Waals surface area contributed by atoms with Crippen LogP contribution < -0.4 is 16.7 Å². The standard InChI is InChI=1S/C15H18N4O4/c16-14-9(10-4-2-1-3-5-17-10)7-19(15(22)18-14)13-6-11(21)12(8-20)23-13/h1-5,7,11-13,17,20-21H,6,8H2,(H2,16,18,22)/t11-,12+,13+/m0/s1. The van der Waals surface area contributed by atoms with E-state index in [1.54, 1.807) is 12.4 Å². The van der Waals surface area contributed by atoms with Crippen molar-refractivity contribution in [2.45, 2.75) is 24.9 Å². The Morgan fingerprint density at radius 1 is 1.43 bits per heavy atom. The first-order valence-corrected chi connectivity index (χ1v) is 7.23. The molecule has 8 nitrogen and oxygen atoms in total. The van der Waals surface area contributed by atoms with Gasteiger partial charge in [0.15, 0.2) is 0 Å². The summed E-state index contributed by atoms with van der Waals surface area (Å²) in [5, 5.41) is 22.1. The molecule has 122 valence electrons. The molecule has 0 bridgehead atoms. The molecule has 0 aliphatic carbocycles. The third kappa shape index (κ3) is 3.04. The van der Waals surface area contributed by atoms with Gasteiger partial charge in [-0.3, -0.25) is 4.57 Å². The lowest BCUT2D eigenvalue weighted by Gasteiger charge is -2.17. The SMILES string of the molecule is Nc1nc(=O)n([C@H]2C[C@H](O)[C@@H](CO)O2)cc1C1=CC=CC=CN1. The largest absolute Gasteiger partial charge is 0.394 e. The summed E-state index contributed by atoms with van der Waals surface area (Å²) in [6.45, 7) is -0.316. The highest BCUT2D eigenvalue weighted by Crippen LogP contribution is 2.28. The number of nitrogens with zero attached hydrogens (tertiary/aromatic N) is 2. The first-order valence-electron chi connectivity index (χ1n) is 7.23. The molecule has 1 fully saturated rings. The Hall–Kier alpha value is -2.42. The molecule has 0 spiro atoms. The van der Waals surface area contributed by atoms with Crippen molar-refractivity contribution in [3.8, 4) is 0 Å². The molecule has 1 saturated heterocycles. The number of allylic oxidation sites excluding steroid dienone is 4. The van der Waals surface area contributed by atoms with Crippen LogP contribution in [0.1, 0.15) is 18.2 Å². The van der Waals surface area contributed by atoms with Crippen molar-refractivity contribution in [3.05, 3.63) is 52.7 Å². The summed E-state index contributed by atoms with van der Waals surface area (Å²) in [4.78, 5) is 15.9. The highest BCUT2D eigenvalue weighted by Gasteiger charge is 2.35. The number of anilines is 1. The average molecular weight is 318 g/mol. The highest BCUT2D eigenvalue weighted by molar-refractivity contribution is 5.73. The van der Waals surface area contributed by atoms with Crippen LogP contribution >= 0.6 is 0 Å². The number of ether oxygens (including phenoxy) is 1. The van der Waals surface area contributed by atoms with E-state index < -0.39 is 24.1 Å². The van der Waals surface area contributed by atoms with Crippen LogP contribution in [0, 0.1) is 0 Å². The fraction of sp³-hybridized carbons (Fsp3) is 0.333. The normalized spacial score (nSPS) is 26.7. The van der Waals surface area contributed by atoms with Crippen LogP contribution in [0.3, 0.4) is 0 Å². The van der Waals surface area contributed by atoms with Crippen LogP contribution in [0.4, 0.5) is 5.82 Å². The number of rotatable bonds is 3. The van der Waals surface area contributed by atoms with Gasteiger partial charge < -0.3 is 26.0 Å². The Bertz CT molecular complexity index is 737. The minimum atomic E-state index is -0.834. The molecule has 0 amide bonds. The molecule has 23 heavy (non-hydrogen) atoms. The molecule has 0 saturated carbocycles. The number of aliphatic hydroxyl groups excluding tert-OH is 2. The molecule has 1 aromatic heterocycles. The quantitative estimate of drug-likeness (QED) is 0.591. The molecule has 2 aliphatic heterocycles. The second-order valence-electron chi connectivity index (χ2n) is 5.31. The van der Waals surface area contributed by atoms with Gasteiger partial charge in [-0.1, -0.05) is 12.2 Å². The minimum absolute atomic E-state index is 0.103. The zero-order valence-electron chi connectivity index (χ0n) is 12.3. The molecule has 8 heteroatoms. The van der Waals surface area contributed by atoms with E-state index in [1.807, 2.05) is 24.3 Å². The summed E-state index contributed by atoms with van der Waals surface area (Å²) in [5.74, 6) is 0.103. The third-order valence-electron chi connectivity index (χ3n) is 3.79. The predicted octanol–water partition coefficient (Wildman–Crippen LogP) is -0.520. The number of hydrogen-bond donors (Lipinski definition) is 4. The first-order chi connectivity index (χ1) is 11.1. The maximum absolute atomic E-state index is 12.1. The molecule has 2 aliphatic rings. The van der Waals surface area contributed by atoms with Crippen LogP contribution in [0.2, 0.25) is 0 Å². The van der Waals surface area contributed by atoms with Gasteiger partial charge in [0.05, 0.1) is 24.0 Å². The smallest absolute Gasteiger partial charge is 0.351 e. The molecular formula is C15H18N4O4. The van der Waals surface area contributed by atoms with Crippen molar-refractivity contribution in [1.29, 1.82) is 0 Å². The molecule has 0 aromatic carbocycles. The number of nitrogens with one attached hydrogen (secondary N) is 1. The average Bonchev–Trinajstić information content (AvgIpc) is 2.73. The Kier molecular flexibility index (Phi) is 4.28. The van der Waals surface area contributed by atoms with E-state index in [9.17, 15) is 9.90 Å². The van der Waals surface area contributed by atoms with Gasteiger partial charge in [0.25, 0.3) is 0 Å². The molecule has 1 aromatic rings. The maximum atomic E-state index is 12.1. The van der Waals surface area contributed by atoms with Gasteiger partial charge >= 0.3 is 5.69 Å². The van der Waals surface area contributed by atoms with Gasteiger partial charge in [-0.2, -0.15) is 4.98 Å². The zero-order valence-corrected chi connectivity index (χ0v) is 12.3. The summed E-state index contributed by atoms with van der Waals surface area (Å²) < 4.78 is 6.79. The Morgan fingerprint density at radius 3 is 3.00 bits per heavy atom. The molecule has 5 N–H and O–H groups in total. The number of hydrogen-bond acceptors (Lipinski definition) is 7. The second kappa shape index (κ2) is 6.37. The molecule has 3 atom stereocenters. The Morgan fingerprint density at radius 2 is 2.26 bits per heavy atom. The molecule has 3 heterocycles. The van der Waals surface area contributed by atoms with Gasteiger partial charge in [0.1, 0.15) is 18.1 Å². The van der Waals surface area contributed by atoms with Gasteiger partial charge in [-0.25, -0.2) is 4.79 Å². The molecular weight excluding hydrogens is 300 g/mol. The lowest BCUT2D eigenvalue weighted by atomic mass is 10.2. The summed E-state index contributed by atoms with van der Waals surface area (Å²) in [6, 6.07) is 0. The maximum Gasteiger partial charge on any atom is 0.351 e. The fourth-order valence-electron chi connectivity index (χ4n) is 2.57. The highest BCUT2D eigenvalue weighted by atomic mass is 16.5. The topological polar surface area (TPSA) is 123 Å². The Labute approximate surface area is 132 Å². The lowest BCUT2D eigenvalue weighted by Crippen LogP contribution is -2.29. The number of nitrogens with two attached hydrogens (primary N) is 1. The zero-order chi connectivity index (χ0) is 16.4. The summed E-state index contributed by atoms with van der Waals surface area (Å²) in [7, 11) is 0. The van der Waals surface area contributed by atoms with Crippen LogP contribution in [-0.2, 0) is 4.74 Å². The molecule has 0 radical (unpaired) electrons. The second-order valence-corrected chi connectivity index (χ2v) is 5.31. The van der Waals surface area contributed by atoms with Crippen molar-refractivity contribution in [2.75, 3.05) is 12.3 Å². The van der Waals surface area contributed by atoms with Crippen molar-refractivity contribution < 1.29 is 14.9 Å². The summed E-state index contributed by atoms with van der Waals surface area (Å²) >= 11 is 0. The number of aliphatic hydroxyl groups is 2. The monoisotopic (exact) mass is 318 g/mol. The van der Waals surface area contributed by atoms with Gasteiger partial charge in [0, 0.05) is 18.8 Å². The number of nitrogen functional groups attached to an aromatic ring is 1. The number of aromatic nitrogens is 2.